The van der Waals surface area contributed by atoms with Gasteiger partial charge in [0.05, 0.1) is 24.2 Å². The van der Waals surface area contributed by atoms with Crippen molar-refractivity contribution >= 4 is 11.8 Å². The standard InChI is InChI=1S/C12H18N4O2/c1-9(14-10(2)17)12(18)16-7-6-15(3)8-11(16)4-5-13/h11H,1,4,6-8H2,2-3H3,(H,14,17)/t11-/m0/s1. The van der Waals surface area contributed by atoms with Gasteiger partial charge in [-0.2, -0.15) is 5.26 Å². The zero-order valence-electron chi connectivity index (χ0n) is 10.8. The summed E-state index contributed by atoms with van der Waals surface area (Å²) >= 11 is 0. The third kappa shape index (κ3) is 3.57. The minimum atomic E-state index is -0.320. The summed E-state index contributed by atoms with van der Waals surface area (Å²) in [6.45, 7) is 6.84. The van der Waals surface area contributed by atoms with Crippen molar-refractivity contribution < 1.29 is 9.59 Å². The number of hydrogen-bond donors (Lipinski definition) is 1. The maximum Gasteiger partial charge on any atom is 0.270 e. The number of piperazine rings is 1. The smallest absolute Gasteiger partial charge is 0.270 e. The molecule has 0 saturated carbocycles. The van der Waals surface area contributed by atoms with E-state index in [1.165, 1.54) is 6.92 Å². The molecule has 1 fully saturated rings. The maximum atomic E-state index is 12.1. The van der Waals surface area contributed by atoms with Gasteiger partial charge in [-0.05, 0) is 7.05 Å². The predicted octanol–water partition coefficient (Wildman–Crippen LogP) is -0.308. The lowest BCUT2D eigenvalue weighted by Crippen LogP contribution is -2.55. The third-order valence-electron chi connectivity index (χ3n) is 2.86. The predicted molar refractivity (Wildman–Crippen MR) is 66.2 cm³/mol. The largest absolute Gasteiger partial charge is 0.331 e. The van der Waals surface area contributed by atoms with Crippen LogP contribution in [0.2, 0.25) is 0 Å². The summed E-state index contributed by atoms with van der Waals surface area (Å²) in [6, 6.07) is 1.94. The van der Waals surface area contributed by atoms with Gasteiger partial charge in [0.1, 0.15) is 0 Å². The Labute approximate surface area is 107 Å². The van der Waals surface area contributed by atoms with Gasteiger partial charge in [-0.15, -0.1) is 0 Å². The first kappa shape index (κ1) is 14.2. The average molecular weight is 250 g/mol. The average Bonchev–Trinajstić information content (AvgIpc) is 2.28. The highest BCUT2D eigenvalue weighted by molar-refractivity contribution is 5.96. The molecular formula is C12H18N4O2. The zero-order valence-corrected chi connectivity index (χ0v) is 10.8. The molecule has 6 heteroatoms. The lowest BCUT2D eigenvalue weighted by atomic mass is 10.1. The lowest BCUT2D eigenvalue weighted by Gasteiger charge is -2.39. The van der Waals surface area contributed by atoms with Gasteiger partial charge >= 0.3 is 0 Å². The molecule has 0 radical (unpaired) electrons. The number of amides is 2. The maximum absolute atomic E-state index is 12.1. The minimum Gasteiger partial charge on any atom is -0.331 e. The Morgan fingerprint density at radius 1 is 1.50 bits per heavy atom. The quantitative estimate of drug-likeness (QED) is 0.697. The molecule has 98 valence electrons. The van der Waals surface area contributed by atoms with Crippen molar-refractivity contribution in [3.63, 3.8) is 0 Å². The number of nitrogens with one attached hydrogen (secondary N) is 1. The number of hydrogen-bond acceptors (Lipinski definition) is 4. The molecule has 0 aromatic heterocycles. The van der Waals surface area contributed by atoms with E-state index in [4.69, 9.17) is 5.26 Å². The Kier molecular flexibility index (Phi) is 4.86. The van der Waals surface area contributed by atoms with E-state index in [1.54, 1.807) is 4.90 Å². The highest BCUT2D eigenvalue weighted by atomic mass is 16.2. The molecule has 0 aromatic rings. The summed E-state index contributed by atoms with van der Waals surface area (Å²) in [5.74, 6) is -0.627. The fourth-order valence-electron chi connectivity index (χ4n) is 2.00. The van der Waals surface area contributed by atoms with Gasteiger partial charge in [0.2, 0.25) is 5.91 Å². The van der Waals surface area contributed by atoms with Crippen molar-refractivity contribution in [3.05, 3.63) is 12.3 Å². The number of nitrogens with zero attached hydrogens (tertiary/aromatic N) is 3. The zero-order chi connectivity index (χ0) is 13.7. The monoisotopic (exact) mass is 250 g/mol. The fourth-order valence-corrected chi connectivity index (χ4v) is 2.00. The summed E-state index contributed by atoms with van der Waals surface area (Å²) in [7, 11) is 1.95. The number of likely N-dealkylation sites (N-methyl/N-ethyl adjacent to an activating group) is 1. The van der Waals surface area contributed by atoms with E-state index in [0.29, 0.717) is 13.1 Å². The van der Waals surface area contributed by atoms with Crippen LogP contribution in [-0.2, 0) is 9.59 Å². The Hall–Kier alpha value is -1.87. The van der Waals surface area contributed by atoms with Crippen LogP contribution in [0.25, 0.3) is 0 Å². The molecule has 1 rings (SSSR count). The van der Waals surface area contributed by atoms with E-state index in [0.717, 1.165) is 6.54 Å². The first-order valence-electron chi connectivity index (χ1n) is 5.78. The minimum absolute atomic E-state index is 0.0648. The molecule has 0 aromatic carbocycles. The Bertz CT molecular complexity index is 399. The molecule has 0 aliphatic carbocycles. The van der Waals surface area contributed by atoms with Crippen molar-refractivity contribution in [2.75, 3.05) is 26.7 Å². The molecule has 18 heavy (non-hydrogen) atoms. The van der Waals surface area contributed by atoms with Crippen molar-refractivity contribution in [1.29, 1.82) is 5.26 Å². The first-order valence-corrected chi connectivity index (χ1v) is 5.78. The Morgan fingerprint density at radius 3 is 2.72 bits per heavy atom. The molecule has 1 heterocycles. The third-order valence-corrected chi connectivity index (χ3v) is 2.86. The Balaban J connectivity index is 2.73. The topological polar surface area (TPSA) is 76.4 Å². The number of carbonyl (C=O) groups is 2. The molecule has 6 nitrogen and oxygen atoms in total. The normalized spacial score (nSPS) is 20.1. The second-order valence-electron chi connectivity index (χ2n) is 4.44. The fraction of sp³-hybridized carbons (Fsp3) is 0.583. The highest BCUT2D eigenvalue weighted by Gasteiger charge is 2.30. The van der Waals surface area contributed by atoms with Crippen LogP contribution in [0.4, 0.5) is 0 Å². The van der Waals surface area contributed by atoms with E-state index in [-0.39, 0.29) is 30.0 Å². The molecule has 1 saturated heterocycles. The molecule has 1 N–H and O–H groups in total. The molecule has 1 aliphatic rings. The molecule has 0 spiro atoms. The number of rotatable bonds is 3. The Morgan fingerprint density at radius 2 is 2.17 bits per heavy atom. The molecular weight excluding hydrogens is 232 g/mol. The van der Waals surface area contributed by atoms with Crippen LogP contribution >= 0.6 is 0 Å². The van der Waals surface area contributed by atoms with Gasteiger partial charge in [-0.25, -0.2) is 0 Å². The van der Waals surface area contributed by atoms with Gasteiger partial charge in [-0.3, -0.25) is 9.59 Å². The van der Waals surface area contributed by atoms with Gasteiger partial charge in [0, 0.05) is 26.6 Å². The summed E-state index contributed by atoms with van der Waals surface area (Å²) in [4.78, 5) is 26.7. The number of nitriles is 1. The van der Waals surface area contributed by atoms with Crippen LogP contribution in [0.3, 0.4) is 0 Å². The lowest BCUT2D eigenvalue weighted by molar-refractivity contribution is -0.133. The molecule has 2 amide bonds. The van der Waals surface area contributed by atoms with Gasteiger partial charge < -0.3 is 15.1 Å². The van der Waals surface area contributed by atoms with Gasteiger partial charge in [0.15, 0.2) is 0 Å². The van der Waals surface area contributed by atoms with Crippen molar-refractivity contribution in [2.24, 2.45) is 0 Å². The van der Waals surface area contributed by atoms with E-state index in [2.05, 4.69) is 22.9 Å². The van der Waals surface area contributed by atoms with Crippen LogP contribution in [0, 0.1) is 11.3 Å². The van der Waals surface area contributed by atoms with E-state index >= 15 is 0 Å². The molecule has 1 atom stereocenters. The van der Waals surface area contributed by atoms with E-state index in [1.807, 2.05) is 7.05 Å². The van der Waals surface area contributed by atoms with Crippen LogP contribution in [0.15, 0.2) is 12.3 Å². The van der Waals surface area contributed by atoms with E-state index in [9.17, 15) is 9.59 Å². The van der Waals surface area contributed by atoms with Crippen molar-refractivity contribution in [1.82, 2.24) is 15.1 Å². The SMILES string of the molecule is C=C(NC(C)=O)C(=O)N1CCN(C)C[C@@H]1CC#N. The molecule has 0 bridgehead atoms. The van der Waals surface area contributed by atoms with Crippen LogP contribution in [-0.4, -0.2) is 54.3 Å². The van der Waals surface area contributed by atoms with Crippen LogP contribution < -0.4 is 5.32 Å². The van der Waals surface area contributed by atoms with Crippen LogP contribution in [0.1, 0.15) is 13.3 Å². The summed E-state index contributed by atoms with van der Waals surface area (Å²) < 4.78 is 0. The van der Waals surface area contributed by atoms with Crippen molar-refractivity contribution in [3.8, 4) is 6.07 Å². The molecule has 0 unspecified atom stereocenters. The summed E-state index contributed by atoms with van der Waals surface area (Å²) in [5.41, 5.74) is 0.0648. The van der Waals surface area contributed by atoms with E-state index < -0.39 is 0 Å². The second kappa shape index (κ2) is 6.17. The number of carbonyl (C=O) groups excluding carboxylic acids is 2. The second-order valence-corrected chi connectivity index (χ2v) is 4.44. The van der Waals surface area contributed by atoms with Crippen LogP contribution in [0.5, 0.6) is 0 Å². The highest BCUT2D eigenvalue weighted by Crippen LogP contribution is 2.13. The summed E-state index contributed by atoms with van der Waals surface area (Å²) in [6.07, 6.45) is 0.281. The first-order chi connectivity index (χ1) is 8.45. The van der Waals surface area contributed by atoms with Gasteiger partial charge in [0.25, 0.3) is 5.91 Å². The van der Waals surface area contributed by atoms with Crippen molar-refractivity contribution in [2.45, 2.75) is 19.4 Å². The summed E-state index contributed by atoms with van der Waals surface area (Å²) in [5, 5.41) is 11.2. The van der Waals surface area contributed by atoms with Gasteiger partial charge in [-0.1, -0.05) is 6.58 Å². The molecule has 1 aliphatic heterocycles.